The molecule has 0 atom stereocenters. The normalized spacial score (nSPS) is 11.4. The van der Waals surface area contributed by atoms with Crippen LogP contribution < -0.4 is 5.56 Å². The van der Waals surface area contributed by atoms with Crippen LogP contribution >= 0.6 is 11.8 Å². The van der Waals surface area contributed by atoms with Gasteiger partial charge in [0.05, 0.1) is 0 Å². The molecule has 0 aliphatic rings. The number of aromatic amines is 1. The minimum Gasteiger partial charge on any atom is -0.350 e. The summed E-state index contributed by atoms with van der Waals surface area (Å²) in [5, 5.41) is 2.97. The van der Waals surface area contributed by atoms with E-state index in [1.807, 2.05) is 30.3 Å². The third kappa shape index (κ3) is 3.60. The quantitative estimate of drug-likeness (QED) is 0.499. The molecule has 0 fully saturated rings. The van der Waals surface area contributed by atoms with Crippen molar-refractivity contribution in [2.24, 2.45) is 0 Å². The molecule has 0 amide bonds. The van der Waals surface area contributed by atoms with Gasteiger partial charge in [0.25, 0.3) is 5.56 Å². The molecule has 0 unspecified atom stereocenters. The van der Waals surface area contributed by atoms with Gasteiger partial charge in [-0.05, 0) is 29.8 Å². The maximum atomic E-state index is 12.4. The molecule has 0 radical (unpaired) electrons. The maximum Gasteiger partial charge on any atom is 0.273 e. The summed E-state index contributed by atoms with van der Waals surface area (Å²) in [6.07, 6.45) is 1.09. The Morgan fingerprint density at radius 2 is 1.68 bits per heavy atom. The van der Waals surface area contributed by atoms with Crippen LogP contribution in [0.2, 0.25) is 0 Å². The zero-order chi connectivity index (χ0) is 19.5. The molecule has 0 saturated carbocycles. The summed E-state index contributed by atoms with van der Waals surface area (Å²) in [7, 11) is 3.03. The second kappa shape index (κ2) is 8.02. The predicted molar refractivity (Wildman–Crippen MR) is 109 cm³/mol. The summed E-state index contributed by atoms with van der Waals surface area (Å²) in [4.78, 5) is 19.3. The first-order chi connectivity index (χ1) is 13.7. The SMILES string of the molecule is COC(OC)c1cc(=O)n2[nH]cc(-c3ccc(Sc4ccccc4)cc3)c2n1. The Kier molecular flexibility index (Phi) is 5.29. The van der Waals surface area contributed by atoms with Gasteiger partial charge >= 0.3 is 0 Å². The Morgan fingerprint density at radius 1 is 1.00 bits per heavy atom. The number of hydrogen-bond acceptors (Lipinski definition) is 5. The first-order valence-electron chi connectivity index (χ1n) is 8.69. The van der Waals surface area contributed by atoms with Gasteiger partial charge in [-0.2, -0.15) is 0 Å². The van der Waals surface area contributed by atoms with Gasteiger partial charge in [0.1, 0.15) is 5.69 Å². The van der Waals surface area contributed by atoms with Gasteiger partial charge in [0.15, 0.2) is 5.65 Å². The third-order valence-electron chi connectivity index (χ3n) is 4.33. The van der Waals surface area contributed by atoms with Gasteiger partial charge in [0.2, 0.25) is 6.29 Å². The molecule has 1 N–H and O–H groups in total. The fourth-order valence-corrected chi connectivity index (χ4v) is 3.83. The molecule has 0 aliphatic heterocycles. The minimum absolute atomic E-state index is 0.221. The Labute approximate surface area is 166 Å². The number of fused-ring (bicyclic) bond motifs is 1. The molecule has 0 saturated heterocycles. The first-order valence-corrected chi connectivity index (χ1v) is 9.51. The average Bonchev–Trinajstić information content (AvgIpc) is 3.15. The largest absolute Gasteiger partial charge is 0.350 e. The number of nitrogens with zero attached hydrogens (tertiary/aromatic N) is 2. The first kappa shape index (κ1) is 18.5. The number of benzene rings is 2. The van der Waals surface area contributed by atoms with Crippen LogP contribution in [-0.4, -0.2) is 28.8 Å². The van der Waals surface area contributed by atoms with Gasteiger partial charge in [-0.25, -0.2) is 9.50 Å². The smallest absolute Gasteiger partial charge is 0.273 e. The zero-order valence-corrected chi connectivity index (χ0v) is 16.3. The number of methoxy groups -OCH3 is 2. The second-order valence-corrected chi connectivity index (χ2v) is 7.26. The number of rotatable bonds is 6. The fraction of sp³-hybridized carbons (Fsp3) is 0.143. The van der Waals surface area contributed by atoms with E-state index in [1.165, 1.54) is 29.7 Å². The van der Waals surface area contributed by atoms with Crippen molar-refractivity contribution in [3.63, 3.8) is 0 Å². The van der Waals surface area contributed by atoms with Crippen LogP contribution in [0.5, 0.6) is 0 Å². The lowest BCUT2D eigenvalue weighted by molar-refractivity contribution is -0.108. The average molecular weight is 393 g/mol. The Balaban J connectivity index is 1.69. The van der Waals surface area contributed by atoms with Gasteiger partial charge in [-0.3, -0.25) is 9.89 Å². The summed E-state index contributed by atoms with van der Waals surface area (Å²) in [6.45, 7) is 0. The molecule has 6 nitrogen and oxygen atoms in total. The lowest BCUT2D eigenvalue weighted by Crippen LogP contribution is -2.18. The van der Waals surface area contributed by atoms with E-state index in [-0.39, 0.29) is 5.56 Å². The molecule has 2 heterocycles. The van der Waals surface area contributed by atoms with Crippen molar-refractivity contribution in [1.29, 1.82) is 0 Å². The molecule has 0 bridgehead atoms. The summed E-state index contributed by atoms with van der Waals surface area (Å²) < 4.78 is 11.9. The van der Waals surface area contributed by atoms with E-state index in [4.69, 9.17) is 9.47 Å². The summed E-state index contributed by atoms with van der Waals surface area (Å²) in [6, 6.07) is 19.8. The molecule has 2 aromatic heterocycles. The van der Waals surface area contributed by atoms with Crippen LogP contribution in [0.25, 0.3) is 16.8 Å². The number of hydrogen-bond donors (Lipinski definition) is 1. The van der Waals surface area contributed by atoms with E-state index in [0.717, 1.165) is 16.0 Å². The van der Waals surface area contributed by atoms with Crippen LogP contribution in [0.1, 0.15) is 12.0 Å². The Hall–Kier alpha value is -2.87. The highest BCUT2D eigenvalue weighted by Gasteiger charge is 2.16. The topological polar surface area (TPSA) is 68.6 Å². The molecule has 7 heteroatoms. The van der Waals surface area contributed by atoms with E-state index in [0.29, 0.717) is 11.3 Å². The second-order valence-electron chi connectivity index (χ2n) is 6.11. The molecular formula is C21H19N3O3S. The van der Waals surface area contributed by atoms with E-state index in [9.17, 15) is 4.79 Å². The van der Waals surface area contributed by atoms with Gasteiger partial charge in [-0.15, -0.1) is 0 Å². The van der Waals surface area contributed by atoms with Crippen LogP contribution in [0.4, 0.5) is 0 Å². The molecule has 0 spiro atoms. The number of nitrogens with one attached hydrogen (secondary N) is 1. The lowest BCUT2D eigenvalue weighted by Gasteiger charge is -2.12. The van der Waals surface area contributed by atoms with Crippen LogP contribution in [-0.2, 0) is 9.47 Å². The lowest BCUT2D eigenvalue weighted by atomic mass is 10.1. The van der Waals surface area contributed by atoms with Crippen LogP contribution in [0, 0.1) is 0 Å². The van der Waals surface area contributed by atoms with Crippen molar-refractivity contribution >= 4 is 17.4 Å². The fourth-order valence-electron chi connectivity index (χ4n) is 3.00. The summed E-state index contributed by atoms with van der Waals surface area (Å²) in [5.41, 5.74) is 2.55. The highest BCUT2D eigenvalue weighted by Crippen LogP contribution is 2.30. The number of aromatic nitrogens is 3. The zero-order valence-electron chi connectivity index (χ0n) is 15.5. The monoisotopic (exact) mass is 393 g/mol. The van der Waals surface area contributed by atoms with Gasteiger partial charge < -0.3 is 9.47 Å². The van der Waals surface area contributed by atoms with Gasteiger partial charge in [-0.1, -0.05) is 42.1 Å². The van der Waals surface area contributed by atoms with E-state index in [2.05, 4.69) is 34.3 Å². The molecule has 4 aromatic rings. The molecule has 0 aliphatic carbocycles. The van der Waals surface area contributed by atoms with Crippen molar-refractivity contribution in [1.82, 2.24) is 14.6 Å². The number of H-pyrrole nitrogens is 1. The van der Waals surface area contributed by atoms with Gasteiger partial charge in [0, 0.05) is 41.8 Å². The summed E-state index contributed by atoms with van der Waals surface area (Å²) in [5.74, 6) is 0. The standard InChI is InChI=1S/C21H19N3O3S/c1-26-21(27-2)18-12-19(25)24-20(23-18)17(13-22-24)14-8-10-16(11-9-14)28-15-6-4-3-5-7-15/h3-13,21-22H,1-2H3. The Bertz CT molecular complexity index is 1130. The van der Waals surface area contributed by atoms with Crippen molar-refractivity contribution in [3.05, 3.63) is 82.9 Å². The third-order valence-corrected chi connectivity index (χ3v) is 5.35. The molecule has 2 aromatic carbocycles. The van der Waals surface area contributed by atoms with Crippen molar-refractivity contribution in [2.75, 3.05) is 14.2 Å². The summed E-state index contributed by atoms with van der Waals surface area (Å²) >= 11 is 1.70. The highest BCUT2D eigenvalue weighted by molar-refractivity contribution is 7.99. The minimum atomic E-state index is -0.690. The molecular weight excluding hydrogens is 374 g/mol. The van der Waals surface area contributed by atoms with E-state index < -0.39 is 6.29 Å². The molecule has 4 rings (SSSR count). The van der Waals surface area contributed by atoms with Crippen molar-refractivity contribution < 1.29 is 9.47 Å². The van der Waals surface area contributed by atoms with E-state index in [1.54, 1.807) is 18.0 Å². The van der Waals surface area contributed by atoms with E-state index >= 15 is 0 Å². The van der Waals surface area contributed by atoms with Crippen molar-refractivity contribution in [3.8, 4) is 11.1 Å². The highest BCUT2D eigenvalue weighted by atomic mass is 32.2. The van der Waals surface area contributed by atoms with Crippen LogP contribution in [0.15, 0.2) is 81.4 Å². The van der Waals surface area contributed by atoms with Crippen LogP contribution in [0.3, 0.4) is 0 Å². The Morgan fingerprint density at radius 3 is 2.36 bits per heavy atom. The predicted octanol–water partition coefficient (Wildman–Crippen LogP) is 4.13. The maximum absolute atomic E-state index is 12.4. The molecule has 28 heavy (non-hydrogen) atoms. The van der Waals surface area contributed by atoms with Crippen molar-refractivity contribution in [2.45, 2.75) is 16.1 Å². The number of ether oxygens (including phenoxy) is 2. The molecule has 142 valence electrons.